The van der Waals surface area contributed by atoms with Crippen LogP contribution in [0.5, 0.6) is 5.88 Å². The van der Waals surface area contributed by atoms with E-state index in [4.69, 9.17) is 4.74 Å². The molecule has 2 atom stereocenters. The molecule has 1 saturated heterocycles. The van der Waals surface area contributed by atoms with Gasteiger partial charge in [-0.2, -0.15) is 31.8 Å². The summed E-state index contributed by atoms with van der Waals surface area (Å²) in [6.45, 7) is 5.99. The molecule has 3 heterocycles. The van der Waals surface area contributed by atoms with Gasteiger partial charge in [-0.1, -0.05) is 30.3 Å². The monoisotopic (exact) mass is 510 g/mol. The molecular weight excluding hydrogens is 485 g/mol. The van der Waals surface area contributed by atoms with Gasteiger partial charge < -0.3 is 13.8 Å². The van der Waals surface area contributed by atoms with Gasteiger partial charge in [0.1, 0.15) is 17.5 Å². The predicted octanol–water partition coefficient (Wildman–Crippen LogP) is 3.35. The van der Waals surface area contributed by atoms with Gasteiger partial charge in [0.05, 0.1) is 12.2 Å². The van der Waals surface area contributed by atoms with E-state index < -0.39 is 21.5 Å². The number of halogens is 3. The first-order valence-electron chi connectivity index (χ1n) is 11.1. The number of benzene rings is 1. The first-order chi connectivity index (χ1) is 16.5. The molecule has 0 saturated carbocycles. The van der Waals surface area contributed by atoms with Gasteiger partial charge in [-0.15, -0.1) is 0 Å². The molecule has 8 nitrogen and oxygen atoms in total. The molecule has 2 aliphatic heterocycles. The molecule has 0 amide bonds. The zero-order valence-corrected chi connectivity index (χ0v) is 20.1. The fourth-order valence-electron chi connectivity index (χ4n) is 4.56. The van der Waals surface area contributed by atoms with Gasteiger partial charge in [-0.3, -0.25) is 4.90 Å². The molecule has 0 spiro atoms. The van der Waals surface area contributed by atoms with Crippen molar-refractivity contribution in [2.75, 3.05) is 24.5 Å². The number of hydrogen-bond donors (Lipinski definition) is 0. The van der Waals surface area contributed by atoms with Crippen LogP contribution in [0.4, 0.5) is 19.0 Å². The van der Waals surface area contributed by atoms with Gasteiger partial charge in [0.25, 0.3) is 5.88 Å². The highest BCUT2D eigenvalue weighted by Crippen LogP contribution is 2.38. The Kier molecular flexibility index (Phi) is 6.95. The molecule has 2 aliphatic rings. The minimum absolute atomic E-state index is 0.173. The van der Waals surface area contributed by atoms with Gasteiger partial charge >= 0.3 is 15.6 Å². The molecule has 2 aromatic rings. The molecule has 1 aromatic heterocycles. The largest absolute Gasteiger partial charge is 0.534 e. The highest BCUT2D eigenvalue weighted by molar-refractivity contribution is 7.87. The van der Waals surface area contributed by atoms with Gasteiger partial charge in [-0.05, 0) is 31.4 Å². The van der Waals surface area contributed by atoms with Crippen LogP contribution in [0.3, 0.4) is 0 Å². The van der Waals surface area contributed by atoms with Crippen LogP contribution in [0.1, 0.15) is 36.1 Å². The molecule has 0 aliphatic carbocycles. The summed E-state index contributed by atoms with van der Waals surface area (Å²) in [5, 5.41) is 9.84. The number of nitrogens with zero attached hydrogens (tertiary/aromatic N) is 4. The van der Waals surface area contributed by atoms with Crippen LogP contribution in [0.25, 0.3) is 0 Å². The van der Waals surface area contributed by atoms with Crippen molar-refractivity contribution >= 4 is 15.9 Å². The Labute approximate surface area is 202 Å². The molecule has 12 heteroatoms. The van der Waals surface area contributed by atoms with E-state index in [-0.39, 0.29) is 24.3 Å². The summed E-state index contributed by atoms with van der Waals surface area (Å²) in [5.41, 5.74) is -3.78. The molecule has 0 radical (unpaired) electrons. The smallest absolute Gasteiger partial charge is 0.372 e. The van der Waals surface area contributed by atoms with Crippen molar-refractivity contribution in [1.82, 2.24) is 9.88 Å². The van der Waals surface area contributed by atoms with Gasteiger partial charge in [0.15, 0.2) is 0 Å². The second-order valence-corrected chi connectivity index (χ2v) is 10.3. The van der Waals surface area contributed by atoms with E-state index in [0.717, 1.165) is 5.56 Å². The second kappa shape index (κ2) is 9.64. The number of pyridine rings is 1. The Bertz CT molecular complexity index is 1220. The summed E-state index contributed by atoms with van der Waals surface area (Å²) in [6.07, 6.45) is 0.146. The SMILES string of the molecule is CC1CN(c2nc(OS(=O)(=O)C(F)(F)F)c(C#N)c3c2CCN(Cc2ccccc2)C3)CC(C)O1. The number of anilines is 1. The van der Waals surface area contributed by atoms with Crippen LogP contribution in [0.2, 0.25) is 0 Å². The molecule has 4 rings (SSSR count). The molecule has 1 aromatic carbocycles. The van der Waals surface area contributed by atoms with Crippen LogP contribution < -0.4 is 9.08 Å². The van der Waals surface area contributed by atoms with E-state index in [1.807, 2.05) is 55.1 Å². The van der Waals surface area contributed by atoms with Crippen molar-refractivity contribution < 1.29 is 30.5 Å². The number of rotatable bonds is 5. The number of fused-ring (bicyclic) bond motifs is 1. The summed E-state index contributed by atoms with van der Waals surface area (Å²) in [5.74, 6) is -0.528. The van der Waals surface area contributed by atoms with E-state index >= 15 is 0 Å². The lowest BCUT2D eigenvalue weighted by atomic mass is 9.95. The van der Waals surface area contributed by atoms with E-state index in [1.165, 1.54) is 0 Å². The number of aromatic nitrogens is 1. The fourth-order valence-corrected chi connectivity index (χ4v) is 4.98. The standard InChI is InChI=1S/C23H25F3N4O4S/c1-15-11-30(12-16(2)33-15)21-18-8-9-29(13-17-6-4-3-5-7-17)14-20(18)19(10-27)22(28-21)34-35(31,32)23(24,25)26/h3-7,15-16H,8-9,11-14H2,1-2H3. The van der Waals surface area contributed by atoms with Crippen LogP contribution in [0, 0.1) is 11.3 Å². The lowest BCUT2D eigenvalue weighted by Crippen LogP contribution is -2.47. The van der Waals surface area contributed by atoms with Gasteiger partial charge in [-0.25, -0.2) is 0 Å². The Morgan fingerprint density at radius 2 is 1.83 bits per heavy atom. The lowest BCUT2D eigenvalue weighted by molar-refractivity contribution is -0.0501. The zero-order chi connectivity index (χ0) is 25.4. The van der Waals surface area contributed by atoms with E-state index in [1.54, 1.807) is 0 Å². The minimum atomic E-state index is -6.01. The maximum absolute atomic E-state index is 13.1. The average Bonchev–Trinajstić information content (AvgIpc) is 2.77. The van der Waals surface area contributed by atoms with Gasteiger partial charge in [0.2, 0.25) is 0 Å². The summed E-state index contributed by atoms with van der Waals surface area (Å²) < 4.78 is 73.1. The van der Waals surface area contributed by atoms with Crippen molar-refractivity contribution in [3.8, 4) is 11.9 Å². The second-order valence-electron chi connectivity index (χ2n) is 8.78. The maximum atomic E-state index is 13.1. The summed E-state index contributed by atoms with van der Waals surface area (Å²) >= 11 is 0. The molecule has 188 valence electrons. The first-order valence-corrected chi connectivity index (χ1v) is 12.5. The number of nitriles is 1. The number of alkyl halides is 3. The van der Waals surface area contributed by atoms with Crippen LogP contribution >= 0.6 is 0 Å². The Morgan fingerprint density at radius 1 is 1.17 bits per heavy atom. The summed E-state index contributed by atoms with van der Waals surface area (Å²) in [4.78, 5) is 8.10. The maximum Gasteiger partial charge on any atom is 0.534 e. The average molecular weight is 511 g/mol. The van der Waals surface area contributed by atoms with Crippen molar-refractivity contribution in [1.29, 1.82) is 5.26 Å². The summed E-state index contributed by atoms with van der Waals surface area (Å²) in [6, 6.07) is 11.5. The Morgan fingerprint density at radius 3 is 2.43 bits per heavy atom. The number of hydrogen-bond acceptors (Lipinski definition) is 8. The molecular formula is C23H25F3N4O4S. The van der Waals surface area contributed by atoms with Gasteiger partial charge in [0, 0.05) is 38.3 Å². The molecule has 0 N–H and O–H groups in total. The van der Waals surface area contributed by atoms with Crippen LogP contribution in [-0.4, -0.2) is 55.7 Å². The Balaban J connectivity index is 1.79. The van der Waals surface area contributed by atoms with Crippen molar-refractivity contribution in [3.63, 3.8) is 0 Å². The van der Waals surface area contributed by atoms with E-state index in [0.29, 0.717) is 49.5 Å². The fraction of sp³-hybridized carbons (Fsp3) is 0.478. The van der Waals surface area contributed by atoms with Crippen LogP contribution in [0.15, 0.2) is 30.3 Å². The minimum Gasteiger partial charge on any atom is -0.372 e. The number of ether oxygens (including phenoxy) is 1. The van der Waals surface area contributed by atoms with Crippen molar-refractivity contribution in [3.05, 3.63) is 52.6 Å². The quantitative estimate of drug-likeness (QED) is 0.447. The number of morpholine rings is 1. The van der Waals surface area contributed by atoms with E-state index in [2.05, 4.69) is 14.1 Å². The summed E-state index contributed by atoms with van der Waals surface area (Å²) in [7, 11) is -6.01. The molecule has 1 fully saturated rings. The topological polar surface area (TPSA) is 95.8 Å². The predicted molar refractivity (Wildman–Crippen MR) is 121 cm³/mol. The molecule has 0 bridgehead atoms. The normalized spacial score (nSPS) is 21.3. The van der Waals surface area contributed by atoms with Crippen LogP contribution in [-0.2, 0) is 34.4 Å². The third-order valence-corrected chi connectivity index (χ3v) is 6.91. The molecule has 35 heavy (non-hydrogen) atoms. The Hall–Kier alpha value is -2.88. The highest BCUT2D eigenvalue weighted by Gasteiger charge is 2.49. The third-order valence-electron chi connectivity index (χ3n) is 5.97. The third kappa shape index (κ3) is 5.37. The molecule has 2 unspecified atom stereocenters. The lowest BCUT2D eigenvalue weighted by Gasteiger charge is -2.39. The first kappa shape index (κ1) is 25.2. The van der Waals surface area contributed by atoms with E-state index in [9.17, 15) is 26.9 Å². The van der Waals surface area contributed by atoms with Crippen molar-refractivity contribution in [2.45, 2.75) is 51.1 Å². The van der Waals surface area contributed by atoms with Crippen molar-refractivity contribution in [2.24, 2.45) is 0 Å². The zero-order valence-electron chi connectivity index (χ0n) is 19.2. The highest BCUT2D eigenvalue weighted by atomic mass is 32.2.